The Kier molecular flexibility index (Phi) is 4.18. The molecule has 0 saturated heterocycles. The summed E-state index contributed by atoms with van der Waals surface area (Å²) in [6, 6.07) is -0.0291. The molecule has 1 saturated carbocycles. The molecule has 0 bridgehead atoms. The number of rotatable bonds is 3. The molecule has 1 aliphatic carbocycles. The Hall–Kier alpha value is -0.610. The van der Waals surface area contributed by atoms with Gasteiger partial charge in [0.05, 0.1) is 12.6 Å². The van der Waals surface area contributed by atoms with Crippen molar-refractivity contribution in [1.82, 2.24) is 5.32 Å². The maximum absolute atomic E-state index is 10.3. The molecule has 0 radical (unpaired) electrons. The first-order valence-corrected chi connectivity index (χ1v) is 4.83. The van der Waals surface area contributed by atoms with Crippen LogP contribution in [0.25, 0.3) is 0 Å². The first-order valence-electron chi connectivity index (χ1n) is 4.83. The van der Waals surface area contributed by atoms with Crippen LogP contribution in [0.3, 0.4) is 0 Å². The van der Waals surface area contributed by atoms with Gasteiger partial charge >= 0.3 is 5.97 Å². The molecule has 4 nitrogen and oxygen atoms in total. The summed E-state index contributed by atoms with van der Waals surface area (Å²) in [5, 5.41) is 20.9. The maximum Gasteiger partial charge on any atom is 0.317 e. The molecule has 0 heterocycles. The third-order valence-electron chi connectivity index (χ3n) is 2.49. The molecule has 2 unspecified atom stereocenters. The van der Waals surface area contributed by atoms with Crippen molar-refractivity contribution >= 4 is 5.97 Å². The molecular formula is C9H17NO3. The van der Waals surface area contributed by atoms with E-state index < -0.39 is 5.97 Å². The lowest BCUT2D eigenvalue weighted by Crippen LogP contribution is -2.41. The van der Waals surface area contributed by atoms with Crippen LogP contribution >= 0.6 is 0 Å². The molecule has 13 heavy (non-hydrogen) atoms. The van der Waals surface area contributed by atoms with E-state index in [2.05, 4.69) is 5.32 Å². The summed E-state index contributed by atoms with van der Waals surface area (Å²) in [6.07, 6.45) is 4.57. The lowest BCUT2D eigenvalue weighted by Gasteiger charge is -2.20. The van der Waals surface area contributed by atoms with E-state index in [0.29, 0.717) is 0 Å². The predicted octanol–water partition coefficient (Wildman–Crippen LogP) is 0.354. The zero-order valence-corrected chi connectivity index (χ0v) is 7.70. The van der Waals surface area contributed by atoms with Gasteiger partial charge in [0.1, 0.15) is 0 Å². The number of aliphatic hydroxyl groups excluding tert-OH is 1. The fourth-order valence-corrected chi connectivity index (χ4v) is 1.74. The summed E-state index contributed by atoms with van der Waals surface area (Å²) in [4.78, 5) is 10.3. The van der Waals surface area contributed by atoms with Crippen LogP contribution in [0.1, 0.15) is 32.1 Å². The smallest absolute Gasteiger partial charge is 0.317 e. The minimum Gasteiger partial charge on any atom is -0.480 e. The van der Waals surface area contributed by atoms with Crippen LogP contribution in [-0.2, 0) is 4.79 Å². The average Bonchev–Trinajstić information content (AvgIpc) is 2.27. The number of hydrogen-bond acceptors (Lipinski definition) is 3. The second kappa shape index (κ2) is 5.19. The number of aliphatic carboxylic acids is 1. The molecule has 1 rings (SSSR count). The third kappa shape index (κ3) is 3.74. The summed E-state index contributed by atoms with van der Waals surface area (Å²) in [5.74, 6) is -0.864. The van der Waals surface area contributed by atoms with E-state index >= 15 is 0 Å². The van der Waals surface area contributed by atoms with Crippen molar-refractivity contribution in [2.75, 3.05) is 6.54 Å². The summed E-state index contributed by atoms with van der Waals surface area (Å²) < 4.78 is 0. The van der Waals surface area contributed by atoms with Gasteiger partial charge in [-0.2, -0.15) is 0 Å². The van der Waals surface area contributed by atoms with Gasteiger partial charge in [0.25, 0.3) is 0 Å². The fraction of sp³-hybridized carbons (Fsp3) is 0.889. The Morgan fingerprint density at radius 3 is 2.69 bits per heavy atom. The number of carboxylic acid groups (broad SMARTS) is 1. The van der Waals surface area contributed by atoms with Crippen LogP contribution in [-0.4, -0.2) is 34.9 Å². The second-order valence-corrected chi connectivity index (χ2v) is 3.59. The van der Waals surface area contributed by atoms with Crippen molar-refractivity contribution in [3.05, 3.63) is 0 Å². The highest BCUT2D eigenvalue weighted by Crippen LogP contribution is 2.17. The van der Waals surface area contributed by atoms with E-state index in [9.17, 15) is 9.90 Å². The van der Waals surface area contributed by atoms with Crippen molar-refractivity contribution in [1.29, 1.82) is 0 Å². The molecule has 0 amide bonds. The number of hydrogen-bond donors (Lipinski definition) is 3. The number of carboxylic acids is 1. The zero-order chi connectivity index (χ0) is 9.68. The van der Waals surface area contributed by atoms with Crippen LogP contribution in [0.15, 0.2) is 0 Å². The molecule has 0 aromatic carbocycles. The topological polar surface area (TPSA) is 69.6 Å². The SMILES string of the molecule is O=C(O)CNC1CCCCCC1O. The lowest BCUT2D eigenvalue weighted by molar-refractivity contribution is -0.136. The fourth-order valence-electron chi connectivity index (χ4n) is 1.74. The van der Waals surface area contributed by atoms with Crippen LogP contribution in [0.4, 0.5) is 0 Å². The third-order valence-corrected chi connectivity index (χ3v) is 2.49. The standard InChI is InChI=1S/C9H17NO3/c11-8-5-3-1-2-4-7(8)10-6-9(12)13/h7-8,10-11H,1-6H2,(H,12,13). The molecule has 76 valence electrons. The van der Waals surface area contributed by atoms with Gasteiger partial charge in [0.15, 0.2) is 0 Å². The van der Waals surface area contributed by atoms with E-state index in [4.69, 9.17) is 5.11 Å². The molecule has 2 atom stereocenters. The van der Waals surface area contributed by atoms with Gasteiger partial charge in [0.2, 0.25) is 0 Å². The first-order chi connectivity index (χ1) is 6.20. The van der Waals surface area contributed by atoms with Crippen molar-refractivity contribution in [3.8, 4) is 0 Å². The molecule has 3 N–H and O–H groups in total. The summed E-state index contributed by atoms with van der Waals surface area (Å²) >= 11 is 0. The highest BCUT2D eigenvalue weighted by molar-refractivity contribution is 5.69. The van der Waals surface area contributed by atoms with Crippen LogP contribution in [0.2, 0.25) is 0 Å². The maximum atomic E-state index is 10.3. The highest BCUT2D eigenvalue weighted by Gasteiger charge is 2.21. The van der Waals surface area contributed by atoms with E-state index in [1.807, 2.05) is 0 Å². The Balaban J connectivity index is 2.31. The van der Waals surface area contributed by atoms with Crippen LogP contribution in [0.5, 0.6) is 0 Å². The summed E-state index contributed by atoms with van der Waals surface area (Å²) in [5.41, 5.74) is 0. The summed E-state index contributed by atoms with van der Waals surface area (Å²) in [6.45, 7) is -0.0538. The van der Waals surface area contributed by atoms with Gasteiger partial charge in [0, 0.05) is 6.04 Å². The number of aliphatic hydroxyl groups is 1. The van der Waals surface area contributed by atoms with Gasteiger partial charge in [-0.15, -0.1) is 0 Å². The molecule has 0 aromatic rings. The first kappa shape index (κ1) is 10.5. The highest BCUT2D eigenvalue weighted by atomic mass is 16.4. The number of carbonyl (C=O) groups is 1. The molecular weight excluding hydrogens is 170 g/mol. The molecule has 0 spiro atoms. The van der Waals surface area contributed by atoms with E-state index in [1.165, 1.54) is 0 Å². The largest absolute Gasteiger partial charge is 0.480 e. The minimum atomic E-state index is -0.864. The Labute approximate surface area is 78.0 Å². The van der Waals surface area contributed by atoms with E-state index in [1.54, 1.807) is 0 Å². The summed E-state index contributed by atoms with van der Waals surface area (Å²) in [7, 11) is 0. The zero-order valence-electron chi connectivity index (χ0n) is 7.70. The van der Waals surface area contributed by atoms with Crippen LogP contribution in [0, 0.1) is 0 Å². The van der Waals surface area contributed by atoms with Crippen molar-refractivity contribution < 1.29 is 15.0 Å². The Bertz CT molecular complexity index is 172. The quantitative estimate of drug-likeness (QED) is 0.558. The number of nitrogens with one attached hydrogen (secondary N) is 1. The van der Waals surface area contributed by atoms with Gasteiger partial charge in [-0.3, -0.25) is 4.79 Å². The van der Waals surface area contributed by atoms with E-state index in [-0.39, 0.29) is 18.7 Å². The second-order valence-electron chi connectivity index (χ2n) is 3.59. The molecule has 1 aliphatic rings. The predicted molar refractivity (Wildman–Crippen MR) is 48.5 cm³/mol. The van der Waals surface area contributed by atoms with Gasteiger partial charge < -0.3 is 15.5 Å². The van der Waals surface area contributed by atoms with Gasteiger partial charge in [-0.1, -0.05) is 19.3 Å². The Morgan fingerprint density at radius 1 is 1.31 bits per heavy atom. The van der Waals surface area contributed by atoms with Crippen molar-refractivity contribution in [3.63, 3.8) is 0 Å². The Morgan fingerprint density at radius 2 is 2.00 bits per heavy atom. The monoisotopic (exact) mass is 187 g/mol. The molecule has 0 aliphatic heterocycles. The molecule has 0 aromatic heterocycles. The van der Waals surface area contributed by atoms with Crippen molar-refractivity contribution in [2.45, 2.75) is 44.2 Å². The van der Waals surface area contributed by atoms with Crippen molar-refractivity contribution in [2.24, 2.45) is 0 Å². The van der Waals surface area contributed by atoms with Gasteiger partial charge in [-0.25, -0.2) is 0 Å². The average molecular weight is 187 g/mol. The lowest BCUT2D eigenvalue weighted by atomic mass is 10.1. The van der Waals surface area contributed by atoms with E-state index in [0.717, 1.165) is 32.1 Å². The molecule has 1 fully saturated rings. The van der Waals surface area contributed by atoms with Gasteiger partial charge in [-0.05, 0) is 12.8 Å². The molecule has 4 heteroatoms. The van der Waals surface area contributed by atoms with Crippen LogP contribution < -0.4 is 5.32 Å². The minimum absolute atomic E-state index is 0.0291. The normalized spacial score (nSPS) is 29.6.